The Balaban J connectivity index is 1.63. The maximum atomic E-state index is 13.2. The van der Waals surface area contributed by atoms with E-state index < -0.39 is 0 Å². The molecule has 1 aliphatic rings. The van der Waals surface area contributed by atoms with Gasteiger partial charge >= 0.3 is 0 Å². The first kappa shape index (κ1) is 21.2. The average Bonchev–Trinajstić information content (AvgIpc) is 3.14. The summed E-state index contributed by atoms with van der Waals surface area (Å²) in [6, 6.07) is 11.1. The number of carbonyl (C=O) groups excluding carboxylic acids is 2. The highest BCUT2D eigenvalue weighted by molar-refractivity contribution is 7.21. The summed E-state index contributed by atoms with van der Waals surface area (Å²) in [7, 11) is 1.64. The standard InChI is InChI=1S/C23H26N4O3S/c1-15-10-11-20(28)27(25-15)14-21(29)26-12-6-5-7-16(26)13-18-17-8-3-4-9-19(17)31-22(18)23(30)24-2/h3-4,8-11,16H,5-7,12-14H2,1-2H3,(H,24,30)/t16-/m0/s1. The van der Waals surface area contributed by atoms with Crippen LogP contribution in [0.1, 0.15) is 40.2 Å². The zero-order valence-electron chi connectivity index (χ0n) is 17.8. The molecule has 3 aromatic rings. The average molecular weight is 439 g/mol. The molecule has 1 saturated heterocycles. The van der Waals surface area contributed by atoms with E-state index in [-0.39, 0.29) is 30.0 Å². The predicted octanol–water partition coefficient (Wildman–Crippen LogP) is 2.75. The molecule has 4 rings (SSSR count). The largest absolute Gasteiger partial charge is 0.354 e. The molecule has 1 fully saturated rings. The van der Waals surface area contributed by atoms with Crippen molar-refractivity contribution in [2.24, 2.45) is 0 Å². The number of nitrogens with one attached hydrogen (secondary N) is 1. The van der Waals surface area contributed by atoms with Crippen LogP contribution in [-0.2, 0) is 17.8 Å². The molecule has 8 heteroatoms. The quantitative estimate of drug-likeness (QED) is 0.664. The Bertz CT molecular complexity index is 1180. The van der Waals surface area contributed by atoms with E-state index in [0.717, 1.165) is 34.9 Å². The lowest BCUT2D eigenvalue weighted by molar-refractivity contribution is -0.135. The number of amides is 2. The van der Waals surface area contributed by atoms with Crippen LogP contribution in [0.2, 0.25) is 0 Å². The third-order valence-electron chi connectivity index (χ3n) is 5.80. The summed E-state index contributed by atoms with van der Waals surface area (Å²) in [4.78, 5) is 40.4. The molecule has 2 amide bonds. The lowest BCUT2D eigenvalue weighted by atomic mass is 9.94. The summed E-state index contributed by atoms with van der Waals surface area (Å²) in [5, 5.41) is 8.02. The smallest absolute Gasteiger partial charge is 0.267 e. The van der Waals surface area contributed by atoms with E-state index in [1.54, 1.807) is 20.0 Å². The Kier molecular flexibility index (Phi) is 6.18. The zero-order valence-corrected chi connectivity index (χ0v) is 18.6. The minimum Gasteiger partial charge on any atom is -0.354 e. The fourth-order valence-electron chi connectivity index (χ4n) is 4.26. The number of rotatable bonds is 5. The fraction of sp³-hybridized carbons (Fsp3) is 0.391. The number of nitrogens with zero attached hydrogens (tertiary/aromatic N) is 3. The molecule has 1 atom stereocenters. The number of aromatic nitrogens is 2. The summed E-state index contributed by atoms with van der Waals surface area (Å²) in [5.41, 5.74) is 1.41. The van der Waals surface area contributed by atoms with Crippen LogP contribution in [0, 0.1) is 6.92 Å². The van der Waals surface area contributed by atoms with Crippen LogP contribution < -0.4 is 10.9 Å². The van der Waals surface area contributed by atoms with Gasteiger partial charge in [0, 0.05) is 30.4 Å². The number of thiophene rings is 1. The van der Waals surface area contributed by atoms with Gasteiger partial charge in [0.2, 0.25) is 5.91 Å². The van der Waals surface area contributed by atoms with Gasteiger partial charge in [-0.25, -0.2) is 4.68 Å². The molecule has 1 N–H and O–H groups in total. The first-order valence-corrected chi connectivity index (χ1v) is 11.4. The molecule has 0 unspecified atom stereocenters. The maximum absolute atomic E-state index is 13.2. The number of carbonyl (C=O) groups is 2. The van der Waals surface area contributed by atoms with Crippen LogP contribution in [0.3, 0.4) is 0 Å². The van der Waals surface area contributed by atoms with E-state index >= 15 is 0 Å². The lowest BCUT2D eigenvalue weighted by Crippen LogP contribution is -2.47. The van der Waals surface area contributed by atoms with E-state index in [0.29, 0.717) is 23.5 Å². The normalized spacial score (nSPS) is 16.5. The number of benzene rings is 1. The van der Waals surface area contributed by atoms with Gasteiger partial charge in [-0.2, -0.15) is 5.10 Å². The van der Waals surface area contributed by atoms with Crippen molar-refractivity contribution in [1.82, 2.24) is 20.0 Å². The molecule has 3 heterocycles. The van der Waals surface area contributed by atoms with Gasteiger partial charge in [-0.1, -0.05) is 18.2 Å². The van der Waals surface area contributed by atoms with Gasteiger partial charge in [0.1, 0.15) is 6.54 Å². The Labute approximate surface area is 184 Å². The van der Waals surface area contributed by atoms with Crippen LogP contribution in [0.4, 0.5) is 0 Å². The number of hydrogen-bond donors (Lipinski definition) is 1. The highest BCUT2D eigenvalue weighted by Crippen LogP contribution is 2.34. The van der Waals surface area contributed by atoms with Crippen molar-refractivity contribution in [3.63, 3.8) is 0 Å². The third-order valence-corrected chi connectivity index (χ3v) is 7.02. The highest BCUT2D eigenvalue weighted by atomic mass is 32.1. The van der Waals surface area contributed by atoms with Gasteiger partial charge in [0.05, 0.1) is 10.6 Å². The van der Waals surface area contributed by atoms with Crippen molar-refractivity contribution in [3.8, 4) is 0 Å². The molecule has 0 aliphatic carbocycles. The molecule has 1 aliphatic heterocycles. The SMILES string of the molecule is CNC(=O)c1sc2ccccc2c1C[C@@H]1CCCCN1C(=O)Cn1nc(C)ccc1=O. The summed E-state index contributed by atoms with van der Waals surface area (Å²) in [6.07, 6.45) is 3.47. The van der Waals surface area contributed by atoms with E-state index in [9.17, 15) is 14.4 Å². The number of fused-ring (bicyclic) bond motifs is 1. The van der Waals surface area contributed by atoms with Crippen LogP contribution in [0.25, 0.3) is 10.1 Å². The minimum atomic E-state index is -0.279. The number of likely N-dealkylation sites (tertiary alicyclic amines) is 1. The van der Waals surface area contributed by atoms with E-state index in [1.807, 2.05) is 29.2 Å². The third kappa shape index (κ3) is 4.39. The first-order chi connectivity index (χ1) is 15.0. The van der Waals surface area contributed by atoms with Gasteiger partial charge in [0.15, 0.2) is 0 Å². The summed E-state index contributed by atoms with van der Waals surface area (Å²) < 4.78 is 2.31. The molecule has 162 valence electrons. The van der Waals surface area contributed by atoms with Gasteiger partial charge in [-0.3, -0.25) is 14.4 Å². The van der Waals surface area contributed by atoms with Crippen molar-refractivity contribution in [2.75, 3.05) is 13.6 Å². The second-order valence-electron chi connectivity index (χ2n) is 7.90. The molecular formula is C23H26N4O3S. The van der Waals surface area contributed by atoms with Crippen LogP contribution in [-0.4, -0.2) is 46.1 Å². The Morgan fingerprint density at radius 3 is 2.81 bits per heavy atom. The maximum Gasteiger partial charge on any atom is 0.267 e. The molecule has 2 aromatic heterocycles. The molecule has 0 spiro atoms. The molecule has 1 aromatic carbocycles. The van der Waals surface area contributed by atoms with Crippen LogP contribution in [0.5, 0.6) is 0 Å². The second kappa shape index (κ2) is 9.01. The topological polar surface area (TPSA) is 84.3 Å². The van der Waals surface area contributed by atoms with Crippen molar-refractivity contribution < 1.29 is 9.59 Å². The highest BCUT2D eigenvalue weighted by Gasteiger charge is 2.30. The van der Waals surface area contributed by atoms with E-state index in [4.69, 9.17) is 0 Å². The van der Waals surface area contributed by atoms with Crippen molar-refractivity contribution in [3.05, 3.63) is 62.9 Å². The molecular weight excluding hydrogens is 412 g/mol. The lowest BCUT2D eigenvalue weighted by Gasteiger charge is -2.36. The molecule has 7 nitrogen and oxygen atoms in total. The summed E-state index contributed by atoms with van der Waals surface area (Å²) >= 11 is 1.49. The molecule has 0 radical (unpaired) electrons. The second-order valence-corrected chi connectivity index (χ2v) is 8.95. The first-order valence-electron chi connectivity index (χ1n) is 10.5. The summed E-state index contributed by atoms with van der Waals surface area (Å²) in [5.74, 6) is -0.202. The Morgan fingerprint density at radius 2 is 2.00 bits per heavy atom. The molecule has 31 heavy (non-hydrogen) atoms. The van der Waals surface area contributed by atoms with Gasteiger partial charge in [0.25, 0.3) is 11.5 Å². The van der Waals surface area contributed by atoms with E-state index in [1.165, 1.54) is 22.1 Å². The van der Waals surface area contributed by atoms with Gasteiger partial charge in [-0.05, 0) is 55.7 Å². The van der Waals surface area contributed by atoms with Crippen molar-refractivity contribution >= 4 is 33.2 Å². The van der Waals surface area contributed by atoms with Crippen LogP contribution >= 0.6 is 11.3 Å². The number of aryl methyl sites for hydroxylation is 1. The Morgan fingerprint density at radius 1 is 1.19 bits per heavy atom. The van der Waals surface area contributed by atoms with Crippen LogP contribution in [0.15, 0.2) is 41.2 Å². The molecule has 0 saturated carbocycles. The van der Waals surface area contributed by atoms with E-state index in [2.05, 4.69) is 10.4 Å². The fourth-order valence-corrected chi connectivity index (χ4v) is 5.44. The number of piperidine rings is 1. The summed E-state index contributed by atoms with van der Waals surface area (Å²) in [6.45, 7) is 2.39. The van der Waals surface area contributed by atoms with Gasteiger partial charge < -0.3 is 10.2 Å². The predicted molar refractivity (Wildman–Crippen MR) is 122 cm³/mol. The monoisotopic (exact) mass is 438 g/mol. The van der Waals surface area contributed by atoms with Crippen molar-refractivity contribution in [2.45, 2.75) is 45.2 Å². The van der Waals surface area contributed by atoms with Gasteiger partial charge in [-0.15, -0.1) is 11.3 Å². The Hall–Kier alpha value is -3.00. The van der Waals surface area contributed by atoms with Crippen molar-refractivity contribution in [1.29, 1.82) is 0 Å². The minimum absolute atomic E-state index is 0.0110. The zero-order chi connectivity index (χ0) is 22.0. The number of hydrogen-bond acceptors (Lipinski definition) is 5. The molecule has 0 bridgehead atoms.